The van der Waals surface area contributed by atoms with E-state index in [9.17, 15) is 4.79 Å². The van der Waals surface area contributed by atoms with Gasteiger partial charge in [0.05, 0.1) is 16.4 Å². The predicted molar refractivity (Wildman–Crippen MR) is 141 cm³/mol. The molecule has 1 fully saturated rings. The molecule has 33 heavy (non-hydrogen) atoms. The first-order valence-electron chi connectivity index (χ1n) is 10.6. The number of fused-ring (bicyclic) bond motifs is 3. The summed E-state index contributed by atoms with van der Waals surface area (Å²) < 4.78 is 8.83. The Balaban J connectivity index is 0.00000259. The van der Waals surface area contributed by atoms with Crippen molar-refractivity contribution < 1.29 is 9.53 Å². The van der Waals surface area contributed by atoms with E-state index < -0.39 is 0 Å². The number of aromatic nitrogens is 2. The van der Waals surface area contributed by atoms with Gasteiger partial charge in [-0.1, -0.05) is 36.0 Å². The van der Waals surface area contributed by atoms with Crippen molar-refractivity contribution in [2.45, 2.75) is 32.3 Å². The molecule has 1 amide bonds. The molecule has 3 aromatic rings. The van der Waals surface area contributed by atoms with Gasteiger partial charge in [-0.15, -0.1) is 12.4 Å². The lowest BCUT2D eigenvalue weighted by Crippen LogP contribution is -2.43. The molecule has 0 aliphatic carbocycles. The number of halogens is 4. The highest BCUT2D eigenvalue weighted by Gasteiger charge is 2.31. The fourth-order valence-corrected chi connectivity index (χ4v) is 5.16. The standard InChI is InChI=1S/C23H21Cl2IN4O2.ClH/c24-14-5-8-19(18(25)11-14)30-22-16-7-6-15(26)12-20(16)32-13-17(22)21(27-30)23(31)28-29-9-3-1-2-4-10-29;/h5-8,11-12H,1-4,9-10,13H2,(H,28,31);1H. The average Bonchev–Trinajstić information content (AvgIpc) is 2.96. The normalized spacial score (nSPS) is 15.5. The van der Waals surface area contributed by atoms with E-state index in [1.165, 1.54) is 12.8 Å². The lowest BCUT2D eigenvalue weighted by molar-refractivity contribution is 0.0786. The van der Waals surface area contributed by atoms with Crippen LogP contribution in [0.4, 0.5) is 0 Å². The third-order valence-electron chi connectivity index (χ3n) is 5.77. The number of hydrazine groups is 1. The first-order valence-corrected chi connectivity index (χ1v) is 12.4. The van der Waals surface area contributed by atoms with Gasteiger partial charge >= 0.3 is 0 Å². The van der Waals surface area contributed by atoms with Crippen LogP contribution in [0.25, 0.3) is 16.9 Å². The summed E-state index contributed by atoms with van der Waals surface area (Å²) >= 11 is 14.9. The van der Waals surface area contributed by atoms with E-state index in [1.54, 1.807) is 16.8 Å². The summed E-state index contributed by atoms with van der Waals surface area (Å²) in [5.74, 6) is 0.527. The molecule has 0 saturated carbocycles. The van der Waals surface area contributed by atoms with E-state index in [2.05, 4.69) is 28.0 Å². The largest absolute Gasteiger partial charge is 0.488 e. The van der Waals surface area contributed by atoms with Crippen LogP contribution in [-0.4, -0.2) is 33.8 Å². The van der Waals surface area contributed by atoms with Gasteiger partial charge in [0.15, 0.2) is 5.69 Å². The quantitative estimate of drug-likeness (QED) is 0.351. The Morgan fingerprint density at radius 3 is 2.55 bits per heavy atom. The third kappa shape index (κ3) is 4.98. The lowest BCUT2D eigenvalue weighted by atomic mass is 10.0. The molecule has 2 aliphatic rings. The monoisotopic (exact) mass is 618 g/mol. The predicted octanol–water partition coefficient (Wildman–Crippen LogP) is 6.29. The summed E-state index contributed by atoms with van der Waals surface area (Å²) in [6, 6.07) is 11.2. The number of rotatable bonds is 3. The molecule has 0 atom stereocenters. The van der Waals surface area contributed by atoms with Crippen molar-refractivity contribution in [3.8, 4) is 22.7 Å². The zero-order valence-electron chi connectivity index (χ0n) is 17.6. The molecule has 5 rings (SSSR count). The highest BCUT2D eigenvalue weighted by Crippen LogP contribution is 2.41. The molecule has 0 bridgehead atoms. The fourth-order valence-electron chi connectivity index (χ4n) is 4.21. The zero-order chi connectivity index (χ0) is 22.2. The molecule has 2 aliphatic heterocycles. The number of hydrogen-bond donors (Lipinski definition) is 1. The van der Waals surface area contributed by atoms with Crippen LogP contribution in [0.2, 0.25) is 10.0 Å². The number of ether oxygens (including phenoxy) is 1. The summed E-state index contributed by atoms with van der Waals surface area (Å²) in [6.07, 6.45) is 4.52. The minimum Gasteiger partial charge on any atom is -0.488 e. The Hall–Kier alpha value is -1.52. The summed E-state index contributed by atoms with van der Waals surface area (Å²) in [6.45, 7) is 1.95. The van der Waals surface area contributed by atoms with Crippen molar-refractivity contribution in [1.82, 2.24) is 20.2 Å². The molecule has 6 nitrogen and oxygen atoms in total. The van der Waals surface area contributed by atoms with E-state index in [-0.39, 0.29) is 24.9 Å². The highest BCUT2D eigenvalue weighted by molar-refractivity contribution is 14.1. The second-order valence-electron chi connectivity index (χ2n) is 7.95. The van der Waals surface area contributed by atoms with Crippen LogP contribution in [0.1, 0.15) is 41.7 Å². The fraction of sp³-hybridized carbons (Fsp3) is 0.304. The number of carbonyl (C=O) groups is 1. The SMILES string of the molecule is Cl.O=C(NN1CCCCCC1)c1nn(-c2ccc(Cl)cc2Cl)c2c1COc1cc(I)ccc1-2. The zero-order valence-corrected chi connectivity index (χ0v) is 22.1. The van der Waals surface area contributed by atoms with Crippen LogP contribution in [0.3, 0.4) is 0 Å². The van der Waals surface area contributed by atoms with Crippen LogP contribution in [0, 0.1) is 3.57 Å². The van der Waals surface area contributed by atoms with Gasteiger partial charge in [0.1, 0.15) is 12.4 Å². The average molecular weight is 620 g/mol. The van der Waals surface area contributed by atoms with Crippen molar-refractivity contribution in [3.05, 3.63) is 61.3 Å². The van der Waals surface area contributed by atoms with E-state index in [0.717, 1.165) is 52.1 Å². The number of amides is 1. The molecule has 1 saturated heterocycles. The number of carbonyl (C=O) groups excluding carboxylic acids is 1. The summed E-state index contributed by atoms with van der Waals surface area (Å²) in [4.78, 5) is 13.3. The van der Waals surface area contributed by atoms with Gasteiger partial charge in [0.25, 0.3) is 5.91 Å². The second-order valence-corrected chi connectivity index (χ2v) is 10.0. The minimum absolute atomic E-state index is 0. The van der Waals surface area contributed by atoms with Crippen molar-refractivity contribution >= 4 is 64.1 Å². The van der Waals surface area contributed by atoms with Crippen LogP contribution < -0.4 is 10.2 Å². The van der Waals surface area contributed by atoms with E-state index in [4.69, 9.17) is 33.0 Å². The lowest BCUT2D eigenvalue weighted by Gasteiger charge is -2.22. The molecule has 1 aromatic heterocycles. The summed E-state index contributed by atoms with van der Waals surface area (Å²) in [5.41, 5.74) is 6.50. The minimum atomic E-state index is -0.232. The third-order valence-corrected chi connectivity index (χ3v) is 6.98. The molecule has 3 heterocycles. The van der Waals surface area contributed by atoms with Crippen LogP contribution in [0.15, 0.2) is 36.4 Å². The van der Waals surface area contributed by atoms with Crippen LogP contribution >= 0.6 is 58.2 Å². The Labute approximate surface area is 222 Å². The van der Waals surface area contributed by atoms with Crippen molar-refractivity contribution in [3.63, 3.8) is 0 Å². The number of hydrogen-bond acceptors (Lipinski definition) is 4. The Kier molecular flexibility index (Phi) is 7.75. The van der Waals surface area contributed by atoms with E-state index in [0.29, 0.717) is 21.4 Å². The molecule has 10 heteroatoms. The van der Waals surface area contributed by atoms with Gasteiger partial charge in [0.2, 0.25) is 0 Å². The van der Waals surface area contributed by atoms with Crippen molar-refractivity contribution in [2.75, 3.05) is 13.1 Å². The van der Waals surface area contributed by atoms with Gasteiger partial charge in [-0.05, 0) is 71.8 Å². The highest BCUT2D eigenvalue weighted by atomic mass is 127. The maximum Gasteiger partial charge on any atom is 0.286 e. The summed E-state index contributed by atoms with van der Waals surface area (Å²) in [5, 5.41) is 7.73. The Morgan fingerprint density at radius 1 is 1.06 bits per heavy atom. The van der Waals surface area contributed by atoms with Crippen molar-refractivity contribution in [1.29, 1.82) is 0 Å². The van der Waals surface area contributed by atoms with Gasteiger partial charge in [-0.25, -0.2) is 9.69 Å². The van der Waals surface area contributed by atoms with Crippen molar-refractivity contribution in [2.24, 2.45) is 0 Å². The number of nitrogens with zero attached hydrogens (tertiary/aromatic N) is 3. The number of nitrogens with one attached hydrogen (secondary N) is 1. The van der Waals surface area contributed by atoms with Crippen LogP contribution in [0.5, 0.6) is 5.75 Å². The molecular formula is C23H22Cl3IN4O2. The first kappa shape index (κ1) is 24.6. The van der Waals surface area contributed by atoms with Gasteiger partial charge in [0, 0.05) is 32.8 Å². The number of benzene rings is 2. The van der Waals surface area contributed by atoms with Gasteiger partial charge < -0.3 is 4.74 Å². The molecule has 0 radical (unpaired) electrons. The van der Waals surface area contributed by atoms with Crippen LogP contribution in [-0.2, 0) is 6.61 Å². The Morgan fingerprint density at radius 2 is 1.82 bits per heavy atom. The van der Waals surface area contributed by atoms with E-state index >= 15 is 0 Å². The van der Waals surface area contributed by atoms with E-state index in [1.807, 2.05) is 29.3 Å². The molecule has 0 unspecified atom stereocenters. The molecule has 2 aromatic carbocycles. The first-order chi connectivity index (χ1) is 15.5. The maximum absolute atomic E-state index is 13.3. The van der Waals surface area contributed by atoms with Gasteiger partial charge in [-0.3, -0.25) is 10.2 Å². The smallest absolute Gasteiger partial charge is 0.286 e. The molecule has 1 N–H and O–H groups in total. The molecule has 174 valence electrons. The van der Waals surface area contributed by atoms with Gasteiger partial charge in [-0.2, -0.15) is 5.10 Å². The molecular weight excluding hydrogens is 598 g/mol. The topological polar surface area (TPSA) is 59.4 Å². The summed E-state index contributed by atoms with van der Waals surface area (Å²) in [7, 11) is 0. The maximum atomic E-state index is 13.3. The second kappa shape index (κ2) is 10.4. The Bertz CT molecular complexity index is 1190. The molecule has 0 spiro atoms.